The second kappa shape index (κ2) is 5.29. The largest absolute Gasteiger partial charge is 0.481 e. The molecule has 0 aliphatic carbocycles. The maximum Gasteiger partial charge on any atom is 0.345 e. The van der Waals surface area contributed by atoms with Crippen molar-refractivity contribution in [3.63, 3.8) is 0 Å². The van der Waals surface area contributed by atoms with E-state index in [0.29, 0.717) is 0 Å². The van der Waals surface area contributed by atoms with Gasteiger partial charge in [-0.2, -0.15) is 0 Å². The average molecular weight is 213 g/mol. The number of alkyl halides is 1. The van der Waals surface area contributed by atoms with Gasteiger partial charge in [-0.3, -0.25) is 0 Å². The Morgan fingerprint density at radius 2 is 2.40 bits per heavy atom. The summed E-state index contributed by atoms with van der Waals surface area (Å²) in [7, 11) is 1.42. The van der Waals surface area contributed by atoms with E-state index in [1.54, 1.807) is 6.92 Å². The molecule has 5 heteroatoms. The van der Waals surface area contributed by atoms with E-state index in [1.165, 1.54) is 25.4 Å². The number of aromatic nitrogens is 1. The lowest BCUT2D eigenvalue weighted by Gasteiger charge is -2.08. The fourth-order valence-electron chi connectivity index (χ4n) is 1.05. The molecule has 0 aliphatic rings. The minimum atomic E-state index is -1.79. The Bertz CT molecular complexity index is 343. The van der Waals surface area contributed by atoms with Gasteiger partial charge in [0.05, 0.1) is 13.7 Å². The van der Waals surface area contributed by atoms with Gasteiger partial charge in [-0.15, -0.1) is 0 Å². The number of halogens is 1. The molecule has 1 heterocycles. The standard InChI is InChI=1S/C10H12FNO3/c1-3-15-10(13)9(11)7-4-5-12-8(6-7)14-2/h4-6,9H,3H2,1-2H3. The molecule has 4 nitrogen and oxygen atoms in total. The van der Waals surface area contributed by atoms with Gasteiger partial charge in [-0.05, 0) is 13.0 Å². The molecular weight excluding hydrogens is 201 g/mol. The molecule has 0 amide bonds. The SMILES string of the molecule is CCOC(=O)C(F)c1ccnc(OC)c1. The van der Waals surface area contributed by atoms with Crippen LogP contribution in [0.5, 0.6) is 5.88 Å². The van der Waals surface area contributed by atoms with Crippen molar-refractivity contribution < 1.29 is 18.7 Å². The lowest BCUT2D eigenvalue weighted by Crippen LogP contribution is -2.12. The molecule has 1 aromatic rings. The second-order valence-electron chi connectivity index (χ2n) is 2.75. The number of hydrogen-bond donors (Lipinski definition) is 0. The molecule has 0 radical (unpaired) electrons. The van der Waals surface area contributed by atoms with Crippen LogP contribution >= 0.6 is 0 Å². The summed E-state index contributed by atoms with van der Waals surface area (Å²) in [6.07, 6.45) is -0.415. The van der Waals surface area contributed by atoms with Crippen LogP contribution < -0.4 is 4.74 Å². The van der Waals surface area contributed by atoms with E-state index in [2.05, 4.69) is 9.72 Å². The van der Waals surface area contributed by atoms with E-state index in [0.717, 1.165) is 0 Å². The molecule has 1 rings (SSSR count). The van der Waals surface area contributed by atoms with Gasteiger partial charge in [0.25, 0.3) is 0 Å². The number of nitrogens with zero attached hydrogens (tertiary/aromatic N) is 1. The zero-order valence-corrected chi connectivity index (χ0v) is 8.57. The summed E-state index contributed by atoms with van der Waals surface area (Å²) in [5.74, 6) is -0.634. The van der Waals surface area contributed by atoms with Crippen LogP contribution in [0.2, 0.25) is 0 Å². The second-order valence-corrected chi connectivity index (χ2v) is 2.75. The Hall–Kier alpha value is -1.65. The highest BCUT2D eigenvalue weighted by molar-refractivity contribution is 5.76. The monoisotopic (exact) mass is 213 g/mol. The number of pyridine rings is 1. The number of ether oxygens (including phenoxy) is 2. The zero-order valence-electron chi connectivity index (χ0n) is 8.57. The molecule has 0 saturated carbocycles. The van der Waals surface area contributed by atoms with E-state index >= 15 is 0 Å². The van der Waals surface area contributed by atoms with E-state index in [-0.39, 0.29) is 18.1 Å². The van der Waals surface area contributed by atoms with Crippen molar-refractivity contribution in [1.29, 1.82) is 0 Å². The molecule has 0 aliphatic heterocycles. The lowest BCUT2D eigenvalue weighted by atomic mass is 10.2. The quantitative estimate of drug-likeness (QED) is 0.714. The van der Waals surface area contributed by atoms with E-state index < -0.39 is 12.1 Å². The first-order valence-electron chi connectivity index (χ1n) is 4.49. The van der Waals surface area contributed by atoms with E-state index in [4.69, 9.17) is 4.74 Å². The summed E-state index contributed by atoms with van der Waals surface area (Å²) in [5.41, 5.74) is 0.181. The van der Waals surface area contributed by atoms with Crippen molar-refractivity contribution in [2.45, 2.75) is 13.1 Å². The lowest BCUT2D eigenvalue weighted by molar-refractivity contribution is -0.149. The Morgan fingerprint density at radius 1 is 1.67 bits per heavy atom. The number of methoxy groups -OCH3 is 1. The molecule has 1 unspecified atom stereocenters. The Balaban J connectivity index is 2.81. The topological polar surface area (TPSA) is 48.4 Å². The van der Waals surface area contributed by atoms with Crippen molar-refractivity contribution >= 4 is 5.97 Å². The van der Waals surface area contributed by atoms with Crippen molar-refractivity contribution in [3.8, 4) is 5.88 Å². The van der Waals surface area contributed by atoms with Gasteiger partial charge in [0.15, 0.2) is 0 Å². The van der Waals surface area contributed by atoms with Crippen molar-refractivity contribution in [3.05, 3.63) is 23.9 Å². The van der Waals surface area contributed by atoms with Crippen LogP contribution in [0.15, 0.2) is 18.3 Å². The Kier molecular flexibility index (Phi) is 4.03. The van der Waals surface area contributed by atoms with Gasteiger partial charge < -0.3 is 9.47 Å². The third-order valence-corrected chi connectivity index (χ3v) is 1.75. The molecule has 0 aromatic carbocycles. The van der Waals surface area contributed by atoms with Crippen LogP contribution in [0.4, 0.5) is 4.39 Å². The highest BCUT2D eigenvalue weighted by Crippen LogP contribution is 2.21. The van der Waals surface area contributed by atoms with Crippen LogP contribution in [0.25, 0.3) is 0 Å². The molecule has 0 bridgehead atoms. The summed E-state index contributed by atoms with van der Waals surface area (Å²) in [5, 5.41) is 0. The Morgan fingerprint density at radius 3 is 3.00 bits per heavy atom. The number of carbonyl (C=O) groups is 1. The molecule has 1 atom stereocenters. The molecule has 15 heavy (non-hydrogen) atoms. The summed E-state index contributed by atoms with van der Waals surface area (Å²) < 4.78 is 22.8. The fraction of sp³-hybridized carbons (Fsp3) is 0.400. The van der Waals surface area contributed by atoms with Crippen LogP contribution in [-0.2, 0) is 9.53 Å². The fourth-order valence-corrected chi connectivity index (χ4v) is 1.05. The summed E-state index contributed by atoms with van der Waals surface area (Å²) >= 11 is 0. The van der Waals surface area contributed by atoms with Gasteiger partial charge in [0.2, 0.25) is 12.1 Å². The average Bonchev–Trinajstić information content (AvgIpc) is 2.28. The highest BCUT2D eigenvalue weighted by Gasteiger charge is 2.21. The van der Waals surface area contributed by atoms with Crippen molar-refractivity contribution in [2.24, 2.45) is 0 Å². The number of rotatable bonds is 4. The first-order valence-corrected chi connectivity index (χ1v) is 4.49. The highest BCUT2D eigenvalue weighted by atomic mass is 19.1. The van der Waals surface area contributed by atoms with E-state index in [9.17, 15) is 9.18 Å². The molecular formula is C10H12FNO3. The maximum absolute atomic E-state index is 13.5. The zero-order chi connectivity index (χ0) is 11.3. The number of carbonyl (C=O) groups excluding carboxylic acids is 1. The Labute approximate surface area is 87.0 Å². The van der Waals surface area contributed by atoms with Crippen LogP contribution in [0.3, 0.4) is 0 Å². The maximum atomic E-state index is 13.5. The normalized spacial score (nSPS) is 11.9. The number of esters is 1. The first kappa shape index (κ1) is 11.4. The summed E-state index contributed by atoms with van der Waals surface area (Å²) in [6.45, 7) is 1.78. The minimum Gasteiger partial charge on any atom is -0.481 e. The molecule has 0 N–H and O–H groups in total. The number of hydrogen-bond acceptors (Lipinski definition) is 4. The predicted molar refractivity (Wildman–Crippen MR) is 51.3 cm³/mol. The van der Waals surface area contributed by atoms with Crippen molar-refractivity contribution in [1.82, 2.24) is 4.98 Å². The van der Waals surface area contributed by atoms with Crippen molar-refractivity contribution in [2.75, 3.05) is 13.7 Å². The van der Waals surface area contributed by atoms with Crippen LogP contribution in [0, 0.1) is 0 Å². The van der Waals surface area contributed by atoms with Crippen LogP contribution in [0.1, 0.15) is 18.7 Å². The molecule has 82 valence electrons. The van der Waals surface area contributed by atoms with Gasteiger partial charge in [0.1, 0.15) is 0 Å². The van der Waals surface area contributed by atoms with E-state index in [1.807, 2.05) is 0 Å². The smallest absolute Gasteiger partial charge is 0.345 e. The van der Waals surface area contributed by atoms with Gasteiger partial charge in [0, 0.05) is 17.8 Å². The third-order valence-electron chi connectivity index (χ3n) is 1.75. The molecule has 0 fully saturated rings. The molecule has 1 aromatic heterocycles. The summed E-state index contributed by atoms with van der Waals surface area (Å²) in [6, 6.07) is 2.77. The minimum absolute atomic E-state index is 0.154. The molecule has 0 spiro atoms. The third kappa shape index (κ3) is 2.90. The van der Waals surface area contributed by atoms with Gasteiger partial charge in [-0.25, -0.2) is 14.2 Å². The van der Waals surface area contributed by atoms with Gasteiger partial charge >= 0.3 is 5.97 Å². The predicted octanol–water partition coefficient (Wildman–Crippen LogP) is 1.66. The molecule has 0 saturated heterocycles. The summed E-state index contributed by atoms with van der Waals surface area (Å²) in [4.78, 5) is 14.9. The van der Waals surface area contributed by atoms with Gasteiger partial charge in [-0.1, -0.05) is 0 Å². The first-order chi connectivity index (χ1) is 7.19. The van der Waals surface area contributed by atoms with Crippen LogP contribution in [-0.4, -0.2) is 24.7 Å².